The van der Waals surface area contributed by atoms with Gasteiger partial charge in [-0.3, -0.25) is 4.99 Å². The van der Waals surface area contributed by atoms with E-state index in [0.29, 0.717) is 5.69 Å². The van der Waals surface area contributed by atoms with Gasteiger partial charge < -0.3 is 5.73 Å². The number of nitrogen functional groups attached to an aromatic ring is 1. The van der Waals surface area contributed by atoms with Crippen LogP contribution in [0.2, 0.25) is 0 Å². The molecule has 0 saturated carbocycles. The molecule has 1 rings (SSSR count). The Hall–Kier alpha value is -1.57. The fourth-order valence-corrected chi connectivity index (χ4v) is 1.06. The number of hydrogen-bond acceptors (Lipinski definition) is 2. The van der Waals surface area contributed by atoms with Gasteiger partial charge in [0.1, 0.15) is 0 Å². The summed E-state index contributed by atoms with van der Waals surface area (Å²) in [5.74, 6) is 0. The molecule has 0 aliphatic heterocycles. The standard InChI is InChI=1S/C11H14N2/c1-4-9(3)13-11-8(2)6-5-7-10(11)12/h4-7H,1,12H2,2-3H3/b13-9-. The maximum absolute atomic E-state index is 5.78. The lowest BCUT2D eigenvalue weighted by molar-refractivity contribution is 1.39. The summed E-state index contributed by atoms with van der Waals surface area (Å²) < 4.78 is 0. The zero-order valence-corrected chi connectivity index (χ0v) is 8.04. The lowest BCUT2D eigenvalue weighted by Crippen LogP contribution is -1.90. The van der Waals surface area contributed by atoms with Crippen LogP contribution in [-0.4, -0.2) is 5.71 Å². The summed E-state index contributed by atoms with van der Waals surface area (Å²) in [6.45, 7) is 7.54. The van der Waals surface area contributed by atoms with Gasteiger partial charge in [0.05, 0.1) is 11.4 Å². The van der Waals surface area contributed by atoms with Crippen LogP contribution in [0.3, 0.4) is 0 Å². The van der Waals surface area contributed by atoms with Gasteiger partial charge in [0, 0.05) is 5.71 Å². The predicted molar refractivity (Wildman–Crippen MR) is 58.6 cm³/mol. The maximum atomic E-state index is 5.78. The quantitative estimate of drug-likeness (QED) is 0.543. The van der Waals surface area contributed by atoms with Gasteiger partial charge in [-0.1, -0.05) is 18.7 Å². The Bertz CT molecular complexity index is 331. The molecule has 13 heavy (non-hydrogen) atoms. The van der Waals surface area contributed by atoms with E-state index in [9.17, 15) is 0 Å². The summed E-state index contributed by atoms with van der Waals surface area (Å²) in [5, 5.41) is 0. The number of nitrogens with zero attached hydrogens (tertiary/aromatic N) is 1. The van der Waals surface area contributed by atoms with Crippen molar-refractivity contribution < 1.29 is 0 Å². The molecule has 0 fully saturated rings. The SMILES string of the molecule is C=C/C(C)=N\c1c(C)cccc1N. The van der Waals surface area contributed by atoms with Crippen molar-refractivity contribution in [2.75, 3.05) is 5.73 Å². The Morgan fingerprint density at radius 1 is 1.54 bits per heavy atom. The summed E-state index contributed by atoms with van der Waals surface area (Å²) in [7, 11) is 0. The number of aliphatic imine (C=N–C) groups is 1. The lowest BCUT2D eigenvalue weighted by atomic mass is 10.2. The highest BCUT2D eigenvalue weighted by molar-refractivity contribution is 5.95. The summed E-state index contributed by atoms with van der Waals surface area (Å²) in [6, 6.07) is 5.76. The summed E-state index contributed by atoms with van der Waals surface area (Å²) in [4.78, 5) is 4.35. The predicted octanol–water partition coefficient (Wildman–Crippen LogP) is 2.86. The van der Waals surface area contributed by atoms with Crippen LogP contribution in [-0.2, 0) is 0 Å². The van der Waals surface area contributed by atoms with Crippen molar-refractivity contribution >= 4 is 17.1 Å². The molecule has 0 unspecified atom stereocenters. The van der Waals surface area contributed by atoms with Gasteiger partial charge in [0.15, 0.2) is 0 Å². The largest absolute Gasteiger partial charge is 0.397 e. The average Bonchev–Trinajstić information content (AvgIpc) is 2.11. The van der Waals surface area contributed by atoms with Crippen LogP contribution in [0.25, 0.3) is 0 Å². The van der Waals surface area contributed by atoms with E-state index in [2.05, 4.69) is 11.6 Å². The highest BCUT2D eigenvalue weighted by atomic mass is 14.8. The molecule has 0 aliphatic rings. The molecular formula is C11H14N2. The topological polar surface area (TPSA) is 38.4 Å². The van der Waals surface area contributed by atoms with Crippen LogP contribution >= 0.6 is 0 Å². The van der Waals surface area contributed by atoms with Crippen molar-refractivity contribution in [1.29, 1.82) is 0 Å². The molecule has 0 saturated heterocycles. The number of hydrogen-bond donors (Lipinski definition) is 1. The van der Waals surface area contributed by atoms with Crippen LogP contribution < -0.4 is 5.73 Å². The van der Waals surface area contributed by atoms with E-state index < -0.39 is 0 Å². The second kappa shape index (κ2) is 3.90. The Morgan fingerprint density at radius 2 is 2.23 bits per heavy atom. The van der Waals surface area contributed by atoms with E-state index >= 15 is 0 Å². The van der Waals surface area contributed by atoms with E-state index in [0.717, 1.165) is 17.0 Å². The Balaban J connectivity index is 3.21. The van der Waals surface area contributed by atoms with Crippen molar-refractivity contribution in [1.82, 2.24) is 0 Å². The minimum absolute atomic E-state index is 0.709. The molecule has 2 N–H and O–H groups in total. The van der Waals surface area contributed by atoms with Crippen molar-refractivity contribution in [2.24, 2.45) is 4.99 Å². The Kier molecular flexibility index (Phi) is 2.85. The van der Waals surface area contributed by atoms with E-state index in [1.807, 2.05) is 32.0 Å². The van der Waals surface area contributed by atoms with Crippen LogP contribution in [0, 0.1) is 6.92 Å². The molecular weight excluding hydrogens is 160 g/mol. The first-order valence-electron chi connectivity index (χ1n) is 4.18. The highest BCUT2D eigenvalue weighted by Gasteiger charge is 1.99. The molecule has 1 aromatic rings. The van der Waals surface area contributed by atoms with Crippen molar-refractivity contribution in [2.45, 2.75) is 13.8 Å². The first-order chi connectivity index (χ1) is 6.15. The van der Waals surface area contributed by atoms with Gasteiger partial charge >= 0.3 is 0 Å². The van der Waals surface area contributed by atoms with Gasteiger partial charge in [-0.15, -0.1) is 0 Å². The average molecular weight is 174 g/mol. The molecule has 0 aliphatic carbocycles. The Morgan fingerprint density at radius 3 is 2.77 bits per heavy atom. The minimum Gasteiger partial charge on any atom is -0.397 e. The van der Waals surface area contributed by atoms with Crippen LogP contribution in [0.15, 0.2) is 35.8 Å². The number of benzene rings is 1. The van der Waals surface area contributed by atoms with Crippen LogP contribution in [0.1, 0.15) is 12.5 Å². The second-order valence-electron chi connectivity index (χ2n) is 2.97. The molecule has 2 heteroatoms. The smallest absolute Gasteiger partial charge is 0.0891 e. The normalized spacial score (nSPS) is 11.4. The molecule has 0 spiro atoms. The van der Waals surface area contributed by atoms with Crippen LogP contribution in [0.4, 0.5) is 11.4 Å². The van der Waals surface area contributed by atoms with Gasteiger partial charge in [-0.25, -0.2) is 0 Å². The van der Waals surface area contributed by atoms with E-state index in [1.54, 1.807) is 6.08 Å². The molecule has 0 atom stereocenters. The van der Waals surface area contributed by atoms with Gasteiger partial charge in [-0.05, 0) is 31.6 Å². The van der Waals surface area contributed by atoms with E-state index in [-0.39, 0.29) is 0 Å². The summed E-state index contributed by atoms with van der Waals surface area (Å²) >= 11 is 0. The number of anilines is 1. The number of rotatable bonds is 2. The van der Waals surface area contributed by atoms with Crippen molar-refractivity contribution in [3.05, 3.63) is 36.4 Å². The van der Waals surface area contributed by atoms with E-state index in [4.69, 9.17) is 5.73 Å². The second-order valence-corrected chi connectivity index (χ2v) is 2.97. The molecule has 0 aromatic heterocycles. The number of para-hydroxylation sites is 1. The highest BCUT2D eigenvalue weighted by Crippen LogP contribution is 2.25. The first-order valence-corrected chi connectivity index (χ1v) is 4.18. The molecule has 68 valence electrons. The molecule has 1 aromatic carbocycles. The van der Waals surface area contributed by atoms with Gasteiger partial charge in [0.2, 0.25) is 0 Å². The molecule has 0 bridgehead atoms. The number of nitrogens with two attached hydrogens (primary N) is 1. The Labute approximate surface area is 78.8 Å². The third-order valence-corrected chi connectivity index (χ3v) is 1.85. The third-order valence-electron chi connectivity index (χ3n) is 1.85. The third kappa shape index (κ3) is 2.18. The monoisotopic (exact) mass is 174 g/mol. The first kappa shape index (κ1) is 9.52. The summed E-state index contributed by atoms with van der Waals surface area (Å²) in [6.07, 6.45) is 1.71. The minimum atomic E-state index is 0.709. The van der Waals surface area contributed by atoms with Gasteiger partial charge in [0.25, 0.3) is 0 Å². The fraction of sp³-hybridized carbons (Fsp3) is 0.182. The molecule has 0 heterocycles. The molecule has 2 nitrogen and oxygen atoms in total. The molecule has 0 amide bonds. The zero-order chi connectivity index (χ0) is 9.84. The number of allylic oxidation sites excluding steroid dienone is 1. The van der Waals surface area contributed by atoms with Gasteiger partial charge in [-0.2, -0.15) is 0 Å². The van der Waals surface area contributed by atoms with Crippen molar-refractivity contribution in [3.8, 4) is 0 Å². The van der Waals surface area contributed by atoms with E-state index in [1.165, 1.54) is 0 Å². The maximum Gasteiger partial charge on any atom is 0.0891 e. The number of aryl methyl sites for hydroxylation is 1. The lowest BCUT2D eigenvalue weighted by Gasteiger charge is -2.03. The molecule has 0 radical (unpaired) electrons. The van der Waals surface area contributed by atoms with Crippen molar-refractivity contribution in [3.63, 3.8) is 0 Å². The fourth-order valence-electron chi connectivity index (χ4n) is 1.06. The zero-order valence-electron chi connectivity index (χ0n) is 8.04. The van der Waals surface area contributed by atoms with Crippen LogP contribution in [0.5, 0.6) is 0 Å². The summed E-state index contributed by atoms with van der Waals surface area (Å²) in [5.41, 5.74) is 9.30.